The average Bonchev–Trinajstić information content (AvgIpc) is 2.99. The van der Waals surface area contributed by atoms with Crippen LogP contribution >= 0.6 is 24.0 Å². The van der Waals surface area contributed by atoms with Crippen LogP contribution in [0.1, 0.15) is 12.5 Å². The Kier molecular flexibility index (Phi) is 7.59. The van der Waals surface area contributed by atoms with Crippen LogP contribution in [0.15, 0.2) is 47.4 Å². The monoisotopic (exact) mass is 445 g/mol. The third kappa shape index (κ3) is 5.46. The molecular formula is C22H23NO5S2. The van der Waals surface area contributed by atoms with Gasteiger partial charge in [0.1, 0.15) is 29.0 Å². The Hall–Kier alpha value is -2.71. The van der Waals surface area contributed by atoms with Gasteiger partial charge in [0.15, 0.2) is 11.5 Å². The van der Waals surface area contributed by atoms with E-state index in [1.165, 1.54) is 16.7 Å². The van der Waals surface area contributed by atoms with Gasteiger partial charge in [-0.1, -0.05) is 36.1 Å². The quantitative estimate of drug-likeness (QED) is 0.322. The van der Waals surface area contributed by atoms with Crippen LogP contribution in [-0.4, -0.2) is 49.1 Å². The summed E-state index contributed by atoms with van der Waals surface area (Å²) in [5.74, 6) is 2.58. The van der Waals surface area contributed by atoms with Crippen molar-refractivity contribution in [2.75, 3.05) is 34.0 Å². The molecule has 30 heavy (non-hydrogen) atoms. The average molecular weight is 446 g/mol. The maximum atomic E-state index is 12.2. The summed E-state index contributed by atoms with van der Waals surface area (Å²) in [5, 5.41) is 0. The molecule has 1 fully saturated rings. The predicted molar refractivity (Wildman–Crippen MR) is 123 cm³/mol. The molecule has 1 heterocycles. The molecule has 0 saturated carbocycles. The SMILES string of the molecule is CCOc1cc(/C=C2\SC(=S)N(C)C2=O)ccc1OCCOc1cccc(OC)c1. The van der Waals surface area contributed by atoms with E-state index in [1.54, 1.807) is 20.2 Å². The molecule has 1 aliphatic rings. The molecule has 1 aliphatic heterocycles. The van der Waals surface area contributed by atoms with Crippen LogP contribution in [0.2, 0.25) is 0 Å². The molecule has 0 N–H and O–H groups in total. The third-order valence-corrected chi connectivity index (χ3v) is 5.69. The third-order valence-electron chi connectivity index (χ3n) is 4.20. The van der Waals surface area contributed by atoms with Gasteiger partial charge in [0.2, 0.25) is 0 Å². The largest absolute Gasteiger partial charge is 0.497 e. The van der Waals surface area contributed by atoms with E-state index in [4.69, 9.17) is 31.2 Å². The number of hydrogen-bond donors (Lipinski definition) is 0. The second-order valence-electron chi connectivity index (χ2n) is 6.26. The fourth-order valence-corrected chi connectivity index (χ4v) is 3.88. The van der Waals surface area contributed by atoms with Crippen molar-refractivity contribution in [3.63, 3.8) is 0 Å². The number of rotatable bonds is 9. The number of benzene rings is 2. The van der Waals surface area contributed by atoms with Crippen LogP contribution in [0.4, 0.5) is 0 Å². The van der Waals surface area contributed by atoms with Gasteiger partial charge in [-0.05, 0) is 42.8 Å². The molecule has 0 radical (unpaired) electrons. The van der Waals surface area contributed by atoms with E-state index in [0.29, 0.717) is 46.3 Å². The topological polar surface area (TPSA) is 57.2 Å². The van der Waals surface area contributed by atoms with Gasteiger partial charge in [-0.2, -0.15) is 0 Å². The maximum absolute atomic E-state index is 12.2. The second kappa shape index (κ2) is 10.4. The Morgan fingerprint density at radius 2 is 1.80 bits per heavy atom. The second-order valence-corrected chi connectivity index (χ2v) is 7.93. The lowest BCUT2D eigenvalue weighted by Crippen LogP contribution is -2.22. The van der Waals surface area contributed by atoms with Crippen LogP contribution < -0.4 is 18.9 Å². The molecule has 0 aliphatic carbocycles. The minimum Gasteiger partial charge on any atom is -0.497 e. The Morgan fingerprint density at radius 1 is 1.03 bits per heavy atom. The van der Waals surface area contributed by atoms with Crippen molar-refractivity contribution in [2.45, 2.75) is 6.92 Å². The van der Waals surface area contributed by atoms with Gasteiger partial charge in [-0.3, -0.25) is 9.69 Å². The minimum atomic E-state index is -0.0991. The highest BCUT2D eigenvalue weighted by molar-refractivity contribution is 8.26. The Labute approximate surface area is 185 Å². The van der Waals surface area contributed by atoms with Crippen LogP contribution in [0, 0.1) is 0 Å². The summed E-state index contributed by atoms with van der Waals surface area (Å²) in [6.07, 6.45) is 1.81. The summed E-state index contributed by atoms with van der Waals surface area (Å²) in [6, 6.07) is 13.0. The van der Waals surface area contributed by atoms with Gasteiger partial charge in [-0.25, -0.2) is 0 Å². The molecule has 0 aromatic heterocycles. The lowest BCUT2D eigenvalue weighted by atomic mass is 10.2. The van der Waals surface area contributed by atoms with Gasteiger partial charge < -0.3 is 18.9 Å². The number of carbonyl (C=O) groups is 1. The van der Waals surface area contributed by atoms with Crippen molar-refractivity contribution in [3.8, 4) is 23.0 Å². The first-order valence-corrected chi connectivity index (χ1v) is 10.6. The summed E-state index contributed by atoms with van der Waals surface area (Å²) in [6.45, 7) is 3.13. The van der Waals surface area contributed by atoms with Crippen molar-refractivity contribution in [3.05, 3.63) is 52.9 Å². The summed E-state index contributed by atoms with van der Waals surface area (Å²) >= 11 is 6.46. The fraction of sp³-hybridized carbons (Fsp3) is 0.273. The molecular weight excluding hydrogens is 422 g/mol. The number of likely N-dealkylation sites (N-methyl/N-ethyl adjacent to an activating group) is 1. The molecule has 0 spiro atoms. The Morgan fingerprint density at radius 3 is 2.50 bits per heavy atom. The normalized spacial score (nSPS) is 14.9. The van der Waals surface area contributed by atoms with Gasteiger partial charge in [0.25, 0.3) is 5.91 Å². The Bertz CT molecular complexity index is 960. The van der Waals surface area contributed by atoms with Crippen LogP contribution in [-0.2, 0) is 4.79 Å². The standard InChI is InChI=1S/C22H23NO5S2/c1-4-26-19-12-15(13-20-21(24)23(2)22(29)30-20)8-9-18(19)28-11-10-27-17-7-5-6-16(14-17)25-3/h5-9,12-14H,4,10-11H2,1-3H3/b20-13-. The van der Waals surface area contributed by atoms with E-state index in [2.05, 4.69) is 0 Å². The smallest absolute Gasteiger partial charge is 0.265 e. The molecule has 158 valence electrons. The minimum absolute atomic E-state index is 0.0991. The number of thioether (sulfide) groups is 1. The predicted octanol–water partition coefficient (Wildman–Crippen LogP) is 4.38. The fourth-order valence-electron chi connectivity index (χ4n) is 2.70. The van der Waals surface area contributed by atoms with Crippen molar-refractivity contribution in [1.29, 1.82) is 0 Å². The van der Waals surface area contributed by atoms with Gasteiger partial charge >= 0.3 is 0 Å². The highest BCUT2D eigenvalue weighted by Crippen LogP contribution is 2.34. The van der Waals surface area contributed by atoms with E-state index in [0.717, 1.165) is 11.3 Å². The number of thiocarbonyl (C=S) groups is 1. The van der Waals surface area contributed by atoms with Gasteiger partial charge in [-0.15, -0.1) is 0 Å². The first-order chi connectivity index (χ1) is 14.5. The molecule has 2 aromatic carbocycles. The first-order valence-electron chi connectivity index (χ1n) is 9.40. The van der Waals surface area contributed by atoms with Crippen LogP contribution in [0.25, 0.3) is 6.08 Å². The molecule has 1 saturated heterocycles. The van der Waals surface area contributed by atoms with E-state index >= 15 is 0 Å². The summed E-state index contributed by atoms with van der Waals surface area (Å²) in [7, 11) is 3.29. The van der Waals surface area contributed by atoms with E-state index in [-0.39, 0.29) is 5.91 Å². The summed E-state index contributed by atoms with van der Waals surface area (Å²) < 4.78 is 23.0. The zero-order valence-electron chi connectivity index (χ0n) is 17.0. The number of ether oxygens (including phenoxy) is 4. The molecule has 0 unspecified atom stereocenters. The molecule has 0 bridgehead atoms. The van der Waals surface area contributed by atoms with Crippen LogP contribution in [0.5, 0.6) is 23.0 Å². The number of hydrogen-bond acceptors (Lipinski definition) is 7. The van der Waals surface area contributed by atoms with Crippen molar-refractivity contribution in [1.82, 2.24) is 4.90 Å². The molecule has 6 nitrogen and oxygen atoms in total. The lowest BCUT2D eigenvalue weighted by Gasteiger charge is -2.13. The highest BCUT2D eigenvalue weighted by Gasteiger charge is 2.28. The zero-order chi connectivity index (χ0) is 21.5. The highest BCUT2D eigenvalue weighted by atomic mass is 32.2. The number of amides is 1. The summed E-state index contributed by atoms with van der Waals surface area (Å²) in [4.78, 5) is 14.3. The molecule has 0 atom stereocenters. The van der Waals surface area contributed by atoms with E-state index in [1.807, 2.05) is 49.4 Å². The number of nitrogens with zero attached hydrogens (tertiary/aromatic N) is 1. The summed E-state index contributed by atoms with van der Waals surface area (Å²) in [5.41, 5.74) is 0.840. The lowest BCUT2D eigenvalue weighted by molar-refractivity contribution is -0.121. The molecule has 3 rings (SSSR count). The van der Waals surface area contributed by atoms with Crippen molar-refractivity contribution < 1.29 is 23.7 Å². The number of methoxy groups -OCH3 is 1. The first kappa shape index (κ1) is 22.0. The molecule has 2 aromatic rings. The molecule has 8 heteroatoms. The number of carbonyl (C=O) groups excluding carboxylic acids is 1. The van der Waals surface area contributed by atoms with Gasteiger partial charge in [0.05, 0.1) is 18.6 Å². The van der Waals surface area contributed by atoms with Crippen molar-refractivity contribution >= 4 is 40.3 Å². The van der Waals surface area contributed by atoms with Crippen molar-refractivity contribution in [2.24, 2.45) is 0 Å². The Balaban J connectivity index is 1.63. The van der Waals surface area contributed by atoms with Crippen LogP contribution in [0.3, 0.4) is 0 Å². The zero-order valence-corrected chi connectivity index (χ0v) is 18.7. The van der Waals surface area contributed by atoms with E-state index < -0.39 is 0 Å². The maximum Gasteiger partial charge on any atom is 0.265 e. The van der Waals surface area contributed by atoms with Gasteiger partial charge in [0, 0.05) is 13.1 Å². The molecule has 1 amide bonds. The van der Waals surface area contributed by atoms with E-state index in [9.17, 15) is 4.79 Å².